The van der Waals surface area contributed by atoms with Crippen molar-refractivity contribution in [1.82, 2.24) is 5.32 Å². The summed E-state index contributed by atoms with van der Waals surface area (Å²) in [6, 6.07) is 39.2. The molecule has 3 N–H and O–H groups in total. The van der Waals surface area contributed by atoms with Crippen LogP contribution in [-0.2, 0) is 29.2 Å². The van der Waals surface area contributed by atoms with Crippen LogP contribution in [-0.4, -0.2) is 11.8 Å². The number of halogens is 1. The second-order valence-electron chi connectivity index (χ2n) is 10.3. The van der Waals surface area contributed by atoms with Crippen LogP contribution < -0.4 is 20.7 Å². The van der Waals surface area contributed by atoms with E-state index < -0.39 is 0 Å². The van der Waals surface area contributed by atoms with E-state index in [1.165, 1.54) is 6.07 Å². The van der Waals surface area contributed by atoms with E-state index >= 15 is 0 Å². The lowest BCUT2D eigenvalue weighted by molar-refractivity contribution is -0.125. The molecule has 0 saturated heterocycles. The van der Waals surface area contributed by atoms with Gasteiger partial charge in [-0.3, -0.25) is 9.59 Å². The summed E-state index contributed by atoms with van der Waals surface area (Å²) >= 11 is 0. The third-order valence-corrected chi connectivity index (χ3v) is 7.22. The molecule has 0 heterocycles. The molecule has 0 radical (unpaired) electrons. The third kappa shape index (κ3) is 7.96. The number of carbonyl (C=O) groups is 2. The maximum Gasteiger partial charge on any atom is 0.227 e. The Morgan fingerprint density at radius 3 is 2.20 bits per heavy atom. The zero-order valence-corrected chi connectivity index (χ0v) is 24.3. The van der Waals surface area contributed by atoms with Crippen molar-refractivity contribution in [3.05, 3.63) is 150 Å². The SMILES string of the molecule is NCc1cccc(Oc2ccccc2N(Cc2ccc(-c3ccccc3)cc2)C(=O)CCC(=O)NCc2ccccc2F)c1. The molecule has 0 aliphatic carbocycles. The molecule has 2 amide bonds. The van der Waals surface area contributed by atoms with E-state index in [4.69, 9.17) is 10.5 Å². The topological polar surface area (TPSA) is 84.7 Å². The number of nitrogens with zero attached hydrogens (tertiary/aromatic N) is 1. The van der Waals surface area contributed by atoms with Gasteiger partial charge in [-0.1, -0.05) is 97.1 Å². The number of anilines is 1. The summed E-state index contributed by atoms with van der Waals surface area (Å²) in [5.74, 6) is 0.135. The average Bonchev–Trinajstić information content (AvgIpc) is 3.07. The quantitative estimate of drug-likeness (QED) is 0.160. The van der Waals surface area contributed by atoms with Crippen molar-refractivity contribution in [3.63, 3.8) is 0 Å². The van der Waals surface area contributed by atoms with Gasteiger partial charge in [0.15, 0.2) is 5.75 Å². The standard InChI is InChI=1S/C37H34FN3O3/c38-33-14-5-4-12-31(33)25-40-36(42)21-22-37(43)41(26-27-17-19-30(20-18-27)29-10-2-1-3-11-29)34-15-6-7-16-35(34)44-32-13-8-9-28(23-32)24-39/h1-20,23H,21-22,24-26,39H2,(H,40,42). The van der Waals surface area contributed by atoms with E-state index in [2.05, 4.69) is 17.4 Å². The first-order valence-corrected chi connectivity index (χ1v) is 14.5. The fourth-order valence-electron chi connectivity index (χ4n) is 4.83. The molecule has 44 heavy (non-hydrogen) atoms. The van der Waals surface area contributed by atoms with Crippen LogP contribution in [0, 0.1) is 5.82 Å². The molecule has 222 valence electrons. The summed E-state index contributed by atoms with van der Waals surface area (Å²) in [5.41, 5.74) is 10.8. The van der Waals surface area contributed by atoms with E-state index in [0.29, 0.717) is 29.3 Å². The van der Waals surface area contributed by atoms with Gasteiger partial charge in [0.1, 0.15) is 11.6 Å². The summed E-state index contributed by atoms with van der Waals surface area (Å²) in [6.07, 6.45) is -0.0828. The maximum atomic E-state index is 14.0. The molecule has 0 aliphatic heterocycles. The van der Waals surface area contributed by atoms with Crippen LogP contribution in [0.2, 0.25) is 0 Å². The number of nitrogens with two attached hydrogens (primary N) is 1. The Labute approximate surface area is 256 Å². The van der Waals surface area contributed by atoms with Gasteiger partial charge in [0.2, 0.25) is 11.8 Å². The Morgan fingerprint density at radius 1 is 0.727 bits per heavy atom. The number of nitrogens with one attached hydrogen (secondary N) is 1. The summed E-state index contributed by atoms with van der Waals surface area (Å²) < 4.78 is 20.2. The zero-order chi connectivity index (χ0) is 30.7. The molecular weight excluding hydrogens is 553 g/mol. The van der Waals surface area contributed by atoms with Crippen molar-refractivity contribution in [2.24, 2.45) is 5.73 Å². The smallest absolute Gasteiger partial charge is 0.227 e. The van der Waals surface area contributed by atoms with Crippen molar-refractivity contribution in [1.29, 1.82) is 0 Å². The molecule has 0 aliphatic rings. The number of hydrogen-bond acceptors (Lipinski definition) is 4. The summed E-state index contributed by atoms with van der Waals surface area (Å²) in [4.78, 5) is 28.1. The summed E-state index contributed by atoms with van der Waals surface area (Å²) in [7, 11) is 0. The van der Waals surface area contributed by atoms with Crippen LogP contribution in [0.15, 0.2) is 127 Å². The molecular formula is C37H34FN3O3. The van der Waals surface area contributed by atoms with E-state index in [1.807, 2.05) is 91.0 Å². The highest BCUT2D eigenvalue weighted by Crippen LogP contribution is 2.34. The molecule has 5 aromatic carbocycles. The molecule has 0 spiro atoms. The highest BCUT2D eigenvalue weighted by molar-refractivity contribution is 5.96. The number of para-hydroxylation sites is 2. The van der Waals surface area contributed by atoms with E-state index in [9.17, 15) is 14.0 Å². The molecule has 0 aromatic heterocycles. The molecule has 0 bridgehead atoms. The highest BCUT2D eigenvalue weighted by Gasteiger charge is 2.21. The second-order valence-corrected chi connectivity index (χ2v) is 10.3. The maximum absolute atomic E-state index is 14.0. The summed E-state index contributed by atoms with van der Waals surface area (Å²) in [6.45, 7) is 0.699. The number of hydrogen-bond donors (Lipinski definition) is 2. The lowest BCUT2D eigenvalue weighted by Crippen LogP contribution is -2.32. The first-order valence-electron chi connectivity index (χ1n) is 14.5. The molecule has 0 atom stereocenters. The van der Waals surface area contributed by atoms with Crippen LogP contribution in [0.5, 0.6) is 11.5 Å². The first kappa shape index (κ1) is 30.2. The third-order valence-electron chi connectivity index (χ3n) is 7.22. The Hall–Kier alpha value is -5.27. The Kier molecular flexibility index (Phi) is 10.1. The number of benzene rings is 5. The van der Waals surface area contributed by atoms with E-state index in [1.54, 1.807) is 23.1 Å². The number of amides is 2. The monoisotopic (exact) mass is 587 g/mol. The van der Waals surface area contributed by atoms with Gasteiger partial charge in [0.25, 0.3) is 0 Å². The normalized spacial score (nSPS) is 10.7. The van der Waals surface area contributed by atoms with Gasteiger partial charge in [-0.15, -0.1) is 0 Å². The average molecular weight is 588 g/mol. The minimum Gasteiger partial charge on any atom is -0.455 e. The van der Waals surface area contributed by atoms with Crippen LogP contribution in [0.1, 0.15) is 29.5 Å². The minimum atomic E-state index is -0.387. The van der Waals surface area contributed by atoms with Crippen LogP contribution >= 0.6 is 0 Å². The molecule has 7 heteroatoms. The fraction of sp³-hybridized carbons (Fsp3) is 0.135. The number of ether oxygens (including phenoxy) is 1. The first-order chi connectivity index (χ1) is 21.5. The Bertz CT molecular complexity index is 1710. The van der Waals surface area contributed by atoms with Gasteiger partial charge in [-0.05, 0) is 52.6 Å². The van der Waals surface area contributed by atoms with Gasteiger partial charge < -0.3 is 20.7 Å². The second kappa shape index (κ2) is 14.8. The van der Waals surface area contributed by atoms with Crippen molar-refractivity contribution in [2.75, 3.05) is 4.90 Å². The Balaban J connectivity index is 1.36. The van der Waals surface area contributed by atoms with E-state index in [0.717, 1.165) is 22.3 Å². The molecule has 0 fully saturated rings. The minimum absolute atomic E-state index is 0.0395. The highest BCUT2D eigenvalue weighted by atomic mass is 19.1. The molecule has 0 saturated carbocycles. The molecule has 5 rings (SSSR count). The van der Waals surface area contributed by atoms with Crippen molar-refractivity contribution in [2.45, 2.75) is 32.5 Å². The fourth-order valence-corrected chi connectivity index (χ4v) is 4.83. The van der Waals surface area contributed by atoms with Crippen LogP contribution in [0.25, 0.3) is 11.1 Å². The zero-order valence-electron chi connectivity index (χ0n) is 24.3. The molecule has 5 aromatic rings. The van der Waals surface area contributed by atoms with Gasteiger partial charge in [0, 0.05) is 31.5 Å². The summed E-state index contributed by atoms with van der Waals surface area (Å²) in [5, 5.41) is 2.72. The number of rotatable bonds is 12. The van der Waals surface area contributed by atoms with Gasteiger partial charge in [-0.2, -0.15) is 0 Å². The van der Waals surface area contributed by atoms with Crippen molar-refractivity contribution < 1.29 is 18.7 Å². The lowest BCUT2D eigenvalue weighted by Gasteiger charge is -2.25. The Morgan fingerprint density at radius 2 is 1.43 bits per heavy atom. The van der Waals surface area contributed by atoms with Crippen molar-refractivity contribution >= 4 is 17.5 Å². The number of carbonyl (C=O) groups excluding carboxylic acids is 2. The van der Waals surface area contributed by atoms with Crippen molar-refractivity contribution in [3.8, 4) is 22.6 Å². The van der Waals surface area contributed by atoms with Gasteiger partial charge in [-0.25, -0.2) is 4.39 Å². The van der Waals surface area contributed by atoms with E-state index in [-0.39, 0.29) is 43.6 Å². The molecule has 0 unspecified atom stereocenters. The predicted octanol–water partition coefficient (Wildman–Crippen LogP) is 7.37. The largest absolute Gasteiger partial charge is 0.455 e. The lowest BCUT2D eigenvalue weighted by atomic mass is 10.0. The molecule has 6 nitrogen and oxygen atoms in total. The predicted molar refractivity (Wildman–Crippen MR) is 171 cm³/mol. The van der Waals surface area contributed by atoms with Crippen LogP contribution in [0.3, 0.4) is 0 Å². The van der Waals surface area contributed by atoms with Crippen LogP contribution in [0.4, 0.5) is 10.1 Å². The van der Waals surface area contributed by atoms with Gasteiger partial charge >= 0.3 is 0 Å². The van der Waals surface area contributed by atoms with Gasteiger partial charge in [0.05, 0.1) is 12.2 Å².